The summed E-state index contributed by atoms with van der Waals surface area (Å²) < 4.78 is 12.6. The van der Waals surface area contributed by atoms with Gasteiger partial charge in [-0.1, -0.05) is 51.1 Å². The van der Waals surface area contributed by atoms with Gasteiger partial charge in [0.2, 0.25) is 0 Å². The monoisotopic (exact) mass is 504 g/mol. The molecule has 3 aliphatic rings. The second-order valence-corrected chi connectivity index (χ2v) is 11.5. The van der Waals surface area contributed by atoms with Crippen molar-refractivity contribution in [1.29, 1.82) is 0 Å². The van der Waals surface area contributed by atoms with Crippen molar-refractivity contribution < 1.29 is 19.1 Å². The predicted molar refractivity (Wildman–Crippen MR) is 139 cm³/mol. The lowest BCUT2D eigenvalue weighted by molar-refractivity contribution is -0.125. The number of nitrogens with zero attached hydrogens (tertiary/aromatic N) is 4. The lowest BCUT2D eigenvalue weighted by Gasteiger charge is -2.67. The van der Waals surface area contributed by atoms with Crippen LogP contribution in [0.2, 0.25) is 0 Å². The molecule has 1 N–H and O–H groups in total. The van der Waals surface area contributed by atoms with E-state index >= 15 is 0 Å². The van der Waals surface area contributed by atoms with Crippen molar-refractivity contribution in [3.8, 4) is 16.3 Å². The first kappa shape index (κ1) is 22.8. The third-order valence-corrected chi connectivity index (χ3v) is 8.36. The van der Waals surface area contributed by atoms with E-state index in [4.69, 9.17) is 14.1 Å². The van der Waals surface area contributed by atoms with Crippen LogP contribution >= 0.6 is 11.3 Å². The first-order valence-corrected chi connectivity index (χ1v) is 12.9. The Morgan fingerprint density at radius 1 is 1.25 bits per heavy atom. The fraction of sp³-hybridized carbons (Fsp3) is 0.370. The van der Waals surface area contributed by atoms with Crippen molar-refractivity contribution in [1.82, 2.24) is 14.9 Å². The number of amides is 1. The molecule has 3 aliphatic heterocycles. The molecule has 2 unspecified atom stereocenters. The first-order chi connectivity index (χ1) is 17.3. The standard InChI is InChI=1S/C27H28N4O4S/c1-26(2,3)27-13-18(31(27)25(32)33)14-30(16-27)24-29-21-20(34-15-17-7-5-4-6-8-17)10-9-19(22(21)35-24)23-28-11-12-36-23/h4-12,18H,13-16H2,1-3H3,(H,32,33). The van der Waals surface area contributed by atoms with Gasteiger partial charge in [0, 0.05) is 24.7 Å². The van der Waals surface area contributed by atoms with Crippen LogP contribution in [-0.2, 0) is 6.61 Å². The van der Waals surface area contributed by atoms with Crippen molar-refractivity contribution in [2.24, 2.45) is 5.41 Å². The molecule has 0 saturated carbocycles. The lowest BCUT2D eigenvalue weighted by Crippen LogP contribution is -2.82. The van der Waals surface area contributed by atoms with Crippen LogP contribution in [0.25, 0.3) is 21.7 Å². The molecule has 186 valence electrons. The fourth-order valence-electron chi connectivity index (χ4n) is 5.61. The molecule has 2 bridgehead atoms. The van der Waals surface area contributed by atoms with Gasteiger partial charge in [-0.2, -0.15) is 4.98 Å². The molecule has 2 aromatic carbocycles. The molecule has 2 atom stereocenters. The zero-order valence-electron chi connectivity index (χ0n) is 20.5. The molecule has 3 saturated heterocycles. The topological polar surface area (TPSA) is 91.9 Å². The van der Waals surface area contributed by atoms with E-state index in [1.807, 2.05) is 47.8 Å². The predicted octanol–water partition coefficient (Wildman–Crippen LogP) is 5.89. The van der Waals surface area contributed by atoms with Crippen LogP contribution in [-0.4, -0.2) is 50.7 Å². The molecule has 7 rings (SSSR count). The molecule has 36 heavy (non-hydrogen) atoms. The van der Waals surface area contributed by atoms with E-state index in [2.05, 4.69) is 30.7 Å². The lowest BCUT2D eigenvalue weighted by atomic mass is 9.60. The molecule has 0 spiro atoms. The van der Waals surface area contributed by atoms with E-state index < -0.39 is 11.6 Å². The van der Waals surface area contributed by atoms with Crippen molar-refractivity contribution in [2.75, 3.05) is 18.0 Å². The molecule has 4 aromatic rings. The van der Waals surface area contributed by atoms with E-state index in [-0.39, 0.29) is 11.5 Å². The summed E-state index contributed by atoms with van der Waals surface area (Å²) in [4.78, 5) is 25.2. The molecule has 0 radical (unpaired) electrons. The number of aromatic nitrogens is 2. The Kier molecular flexibility index (Phi) is 5.22. The zero-order valence-corrected chi connectivity index (χ0v) is 21.3. The number of carbonyl (C=O) groups is 1. The molecule has 1 amide bonds. The number of fused-ring (bicyclic) bond motifs is 3. The maximum absolute atomic E-state index is 12.1. The second kappa shape index (κ2) is 8.23. The number of benzene rings is 2. The summed E-state index contributed by atoms with van der Waals surface area (Å²) in [5, 5.41) is 12.7. The van der Waals surface area contributed by atoms with Crippen LogP contribution in [0, 0.1) is 5.41 Å². The number of hydrogen-bond donors (Lipinski definition) is 1. The maximum atomic E-state index is 12.1. The van der Waals surface area contributed by atoms with Crippen molar-refractivity contribution in [3.05, 3.63) is 59.6 Å². The van der Waals surface area contributed by atoms with Gasteiger partial charge >= 0.3 is 6.09 Å². The molecule has 3 fully saturated rings. The smallest absolute Gasteiger partial charge is 0.408 e. The number of thiazole rings is 1. The Bertz CT molecular complexity index is 1410. The normalized spacial score (nSPS) is 21.5. The molecule has 8 nitrogen and oxygen atoms in total. The van der Waals surface area contributed by atoms with Gasteiger partial charge < -0.3 is 19.2 Å². The summed E-state index contributed by atoms with van der Waals surface area (Å²) in [7, 11) is 0. The number of ether oxygens (including phenoxy) is 1. The van der Waals surface area contributed by atoms with E-state index in [1.165, 1.54) is 0 Å². The zero-order chi connectivity index (χ0) is 25.1. The second-order valence-electron chi connectivity index (χ2n) is 10.6. The summed E-state index contributed by atoms with van der Waals surface area (Å²) in [6.45, 7) is 7.80. The highest BCUT2D eigenvalue weighted by Gasteiger charge is 2.64. The summed E-state index contributed by atoms with van der Waals surface area (Å²) in [6, 6.07) is 14.3. The Morgan fingerprint density at radius 3 is 2.75 bits per heavy atom. The van der Waals surface area contributed by atoms with Gasteiger partial charge in [-0.25, -0.2) is 9.78 Å². The molecule has 2 aromatic heterocycles. The number of piperazine rings is 1. The maximum Gasteiger partial charge on any atom is 0.408 e. The Labute approximate surface area is 213 Å². The molecule has 0 aliphatic carbocycles. The van der Waals surface area contributed by atoms with Crippen molar-refractivity contribution >= 4 is 34.5 Å². The number of anilines is 1. The van der Waals surface area contributed by atoms with E-state index in [0.717, 1.165) is 22.6 Å². The number of oxazole rings is 1. The third kappa shape index (κ3) is 3.52. The van der Waals surface area contributed by atoms with Gasteiger partial charge in [0.25, 0.3) is 6.01 Å². The molecular formula is C27H28N4O4S. The average Bonchev–Trinajstić information content (AvgIpc) is 3.53. The summed E-state index contributed by atoms with van der Waals surface area (Å²) in [5.74, 6) is 0.643. The highest BCUT2D eigenvalue weighted by atomic mass is 32.1. The SMILES string of the molecule is CC(C)(C)C12CC(CN(c3nc4c(OCc5ccccc5)ccc(-c5nccs5)c4o3)C1)N2C(=O)O. The van der Waals surface area contributed by atoms with Gasteiger partial charge in [0.15, 0.2) is 11.1 Å². The Balaban J connectivity index is 1.39. The average molecular weight is 505 g/mol. The first-order valence-electron chi connectivity index (χ1n) is 12.0. The number of carboxylic acid groups (broad SMARTS) is 1. The van der Waals surface area contributed by atoms with Crippen molar-refractivity contribution in [2.45, 2.75) is 45.4 Å². The molecule has 9 heteroatoms. The van der Waals surface area contributed by atoms with Crippen LogP contribution in [0.3, 0.4) is 0 Å². The summed E-state index contributed by atoms with van der Waals surface area (Å²) in [6.07, 6.45) is 1.75. The van der Waals surface area contributed by atoms with Crippen LogP contribution in [0.15, 0.2) is 58.5 Å². The van der Waals surface area contributed by atoms with Gasteiger partial charge in [-0.3, -0.25) is 4.90 Å². The van der Waals surface area contributed by atoms with Gasteiger partial charge in [-0.15, -0.1) is 11.3 Å². The van der Waals surface area contributed by atoms with E-state index in [0.29, 0.717) is 42.6 Å². The van der Waals surface area contributed by atoms with Gasteiger partial charge in [-0.05, 0) is 29.5 Å². The quantitative estimate of drug-likeness (QED) is 0.362. The van der Waals surface area contributed by atoms with E-state index in [9.17, 15) is 9.90 Å². The third-order valence-electron chi connectivity index (χ3n) is 7.55. The van der Waals surface area contributed by atoms with Crippen LogP contribution in [0.1, 0.15) is 32.8 Å². The van der Waals surface area contributed by atoms with E-state index in [1.54, 1.807) is 22.4 Å². The van der Waals surface area contributed by atoms with Crippen LogP contribution in [0.4, 0.5) is 10.8 Å². The van der Waals surface area contributed by atoms with Gasteiger partial charge in [0.1, 0.15) is 17.4 Å². The Hall–Kier alpha value is -3.59. The Morgan fingerprint density at radius 2 is 2.06 bits per heavy atom. The summed E-state index contributed by atoms with van der Waals surface area (Å²) in [5.41, 5.74) is 2.48. The largest absolute Gasteiger partial charge is 0.486 e. The highest BCUT2D eigenvalue weighted by molar-refractivity contribution is 7.13. The molecular weight excluding hydrogens is 476 g/mol. The molecule has 5 heterocycles. The minimum absolute atomic E-state index is 0.0854. The number of piperidine rings is 1. The van der Waals surface area contributed by atoms with Crippen LogP contribution in [0.5, 0.6) is 5.75 Å². The number of rotatable bonds is 5. The van der Waals surface area contributed by atoms with Crippen molar-refractivity contribution in [3.63, 3.8) is 0 Å². The fourth-order valence-corrected chi connectivity index (χ4v) is 6.27. The highest BCUT2D eigenvalue weighted by Crippen LogP contribution is 2.53. The minimum Gasteiger partial charge on any atom is -0.486 e. The van der Waals surface area contributed by atoms with Gasteiger partial charge in [0.05, 0.1) is 17.1 Å². The minimum atomic E-state index is -0.860. The van der Waals surface area contributed by atoms with Crippen LogP contribution < -0.4 is 9.64 Å². The summed E-state index contributed by atoms with van der Waals surface area (Å²) >= 11 is 1.54. The number of hydrogen-bond acceptors (Lipinski definition) is 7.